The third kappa shape index (κ3) is 3.92. The van der Waals surface area contributed by atoms with Crippen LogP contribution in [0.2, 0.25) is 0 Å². The van der Waals surface area contributed by atoms with Crippen molar-refractivity contribution < 1.29 is 4.79 Å². The highest BCUT2D eigenvalue weighted by atomic mass is 16.2. The van der Waals surface area contributed by atoms with E-state index < -0.39 is 0 Å². The van der Waals surface area contributed by atoms with Gasteiger partial charge in [-0.25, -0.2) is 9.97 Å². The number of aromatic nitrogens is 2. The molecular weight excluding hydrogens is 420 g/mol. The minimum Gasteiger partial charge on any atom is -0.340 e. The Hall–Kier alpha value is -3.73. The largest absolute Gasteiger partial charge is 0.340 e. The fraction of sp³-hybridized carbons (Fsp3) is 0.276. The van der Waals surface area contributed by atoms with Gasteiger partial charge in [-0.3, -0.25) is 4.79 Å². The van der Waals surface area contributed by atoms with E-state index in [1.165, 1.54) is 5.56 Å². The summed E-state index contributed by atoms with van der Waals surface area (Å²) in [5, 5.41) is 1.06. The zero-order chi connectivity index (χ0) is 23.1. The fourth-order valence-corrected chi connectivity index (χ4v) is 5.63. The summed E-state index contributed by atoms with van der Waals surface area (Å²) in [7, 11) is 0. The second-order valence-electron chi connectivity index (χ2n) is 9.73. The molecule has 6 rings (SSSR count). The number of aryl methyl sites for hydroxylation is 1. The zero-order valence-electron chi connectivity index (χ0n) is 19.4. The van der Waals surface area contributed by atoms with Gasteiger partial charge < -0.3 is 9.80 Å². The van der Waals surface area contributed by atoms with Gasteiger partial charge in [0, 0.05) is 43.3 Å². The number of piperidine rings is 2. The Morgan fingerprint density at radius 1 is 0.882 bits per heavy atom. The van der Waals surface area contributed by atoms with Crippen LogP contribution in [0.1, 0.15) is 22.3 Å². The molecule has 3 aromatic carbocycles. The minimum atomic E-state index is 0.141. The van der Waals surface area contributed by atoms with Crippen LogP contribution >= 0.6 is 0 Å². The van der Waals surface area contributed by atoms with E-state index in [4.69, 9.17) is 4.98 Å². The van der Waals surface area contributed by atoms with Gasteiger partial charge >= 0.3 is 0 Å². The van der Waals surface area contributed by atoms with Crippen molar-refractivity contribution in [2.75, 3.05) is 31.1 Å². The molecule has 2 bridgehead atoms. The summed E-state index contributed by atoms with van der Waals surface area (Å²) in [6, 6.07) is 24.5. The number of hydrogen-bond donors (Lipinski definition) is 0. The maximum atomic E-state index is 13.7. The molecule has 2 fully saturated rings. The first-order valence-electron chi connectivity index (χ1n) is 12.1. The minimum absolute atomic E-state index is 0.141. The number of rotatable bonds is 3. The van der Waals surface area contributed by atoms with E-state index in [0.717, 1.165) is 66.1 Å². The average molecular weight is 449 g/mol. The van der Waals surface area contributed by atoms with E-state index >= 15 is 0 Å². The fourth-order valence-electron chi connectivity index (χ4n) is 5.63. The maximum Gasteiger partial charge on any atom is 0.254 e. The summed E-state index contributed by atoms with van der Waals surface area (Å²) in [4.78, 5) is 27.5. The Bertz CT molecular complexity index is 1350. The van der Waals surface area contributed by atoms with Gasteiger partial charge in [0.2, 0.25) is 5.95 Å². The van der Waals surface area contributed by atoms with Crippen molar-refractivity contribution >= 4 is 22.8 Å². The predicted octanol–water partition coefficient (Wildman–Crippen LogP) is 5.20. The van der Waals surface area contributed by atoms with Crippen LogP contribution in [0.4, 0.5) is 5.95 Å². The van der Waals surface area contributed by atoms with Crippen LogP contribution < -0.4 is 4.90 Å². The van der Waals surface area contributed by atoms with Crippen molar-refractivity contribution in [3.8, 4) is 11.1 Å². The summed E-state index contributed by atoms with van der Waals surface area (Å²) in [5.74, 6) is 1.80. The number of hydrogen-bond acceptors (Lipinski definition) is 4. The molecule has 1 aromatic heterocycles. The Balaban J connectivity index is 1.22. The lowest BCUT2D eigenvalue weighted by atomic mass is 9.84. The monoisotopic (exact) mass is 448 g/mol. The molecule has 0 spiro atoms. The third-order valence-electron chi connectivity index (χ3n) is 7.11. The quantitative estimate of drug-likeness (QED) is 0.432. The molecule has 5 heteroatoms. The van der Waals surface area contributed by atoms with E-state index in [2.05, 4.69) is 52.0 Å². The van der Waals surface area contributed by atoms with E-state index in [0.29, 0.717) is 11.8 Å². The molecule has 4 aromatic rings. The molecule has 2 aliphatic heterocycles. The standard InChI is InChI=1S/C29H28N4O/c1-20-7-6-9-23(13-20)25-10-3-4-11-26(25)28(34)32-16-21-14-22(17-32)19-33(18-21)29-30-15-24-8-2-5-12-27(24)31-29/h2-13,15,21-22H,14,16-19H2,1H3. The van der Waals surface area contributed by atoms with E-state index in [1.807, 2.05) is 48.7 Å². The number of amides is 1. The van der Waals surface area contributed by atoms with Gasteiger partial charge in [-0.15, -0.1) is 0 Å². The molecule has 0 N–H and O–H groups in total. The summed E-state index contributed by atoms with van der Waals surface area (Å²) >= 11 is 0. The van der Waals surface area contributed by atoms with Crippen LogP contribution in [0.5, 0.6) is 0 Å². The molecule has 0 saturated carbocycles. The van der Waals surface area contributed by atoms with E-state index in [-0.39, 0.29) is 5.91 Å². The lowest BCUT2D eigenvalue weighted by Crippen LogP contribution is -2.54. The predicted molar refractivity (Wildman–Crippen MR) is 136 cm³/mol. The molecule has 3 heterocycles. The molecule has 0 aliphatic carbocycles. The second kappa shape index (κ2) is 8.56. The number of para-hydroxylation sites is 1. The number of anilines is 1. The molecule has 2 aliphatic rings. The number of nitrogens with zero attached hydrogens (tertiary/aromatic N) is 4. The highest BCUT2D eigenvalue weighted by Crippen LogP contribution is 2.33. The van der Waals surface area contributed by atoms with Crippen molar-refractivity contribution in [2.24, 2.45) is 11.8 Å². The molecule has 2 atom stereocenters. The summed E-state index contributed by atoms with van der Waals surface area (Å²) < 4.78 is 0. The third-order valence-corrected chi connectivity index (χ3v) is 7.11. The van der Waals surface area contributed by atoms with Gasteiger partial charge in [-0.05, 0) is 48.4 Å². The van der Waals surface area contributed by atoms with Crippen LogP contribution in [-0.4, -0.2) is 47.0 Å². The van der Waals surface area contributed by atoms with Crippen LogP contribution in [-0.2, 0) is 0 Å². The average Bonchev–Trinajstić information content (AvgIpc) is 2.87. The van der Waals surface area contributed by atoms with Crippen LogP contribution in [0.25, 0.3) is 22.0 Å². The van der Waals surface area contributed by atoms with E-state index in [1.54, 1.807) is 0 Å². The molecule has 170 valence electrons. The lowest BCUT2D eigenvalue weighted by Gasteiger charge is -2.46. The molecule has 5 nitrogen and oxygen atoms in total. The van der Waals surface area contributed by atoms with Gasteiger partial charge in [0.25, 0.3) is 5.91 Å². The number of carbonyl (C=O) groups is 1. The molecule has 2 saturated heterocycles. The Labute approximate surface area is 200 Å². The Morgan fingerprint density at radius 3 is 2.47 bits per heavy atom. The van der Waals surface area contributed by atoms with Crippen molar-refractivity contribution in [1.82, 2.24) is 14.9 Å². The van der Waals surface area contributed by atoms with Crippen molar-refractivity contribution in [2.45, 2.75) is 13.3 Å². The molecular formula is C29H28N4O. The Morgan fingerprint density at radius 2 is 1.65 bits per heavy atom. The first-order chi connectivity index (χ1) is 16.6. The Kier molecular flexibility index (Phi) is 5.25. The van der Waals surface area contributed by atoms with Crippen molar-refractivity contribution in [3.63, 3.8) is 0 Å². The smallest absolute Gasteiger partial charge is 0.254 e. The highest BCUT2D eigenvalue weighted by molar-refractivity contribution is 6.01. The summed E-state index contributed by atoms with van der Waals surface area (Å²) in [6.45, 7) is 5.42. The SMILES string of the molecule is Cc1cccc(-c2ccccc2C(=O)N2CC3CC(C2)CN(c2ncc4ccccc4n2)C3)c1. The van der Waals surface area contributed by atoms with E-state index in [9.17, 15) is 4.79 Å². The van der Waals surface area contributed by atoms with Gasteiger partial charge in [0.05, 0.1) is 5.52 Å². The normalized spacial score (nSPS) is 19.9. The summed E-state index contributed by atoms with van der Waals surface area (Å²) in [6.07, 6.45) is 3.08. The molecule has 34 heavy (non-hydrogen) atoms. The number of fused-ring (bicyclic) bond motifs is 3. The van der Waals surface area contributed by atoms with Gasteiger partial charge in [0.1, 0.15) is 0 Å². The van der Waals surface area contributed by atoms with Gasteiger partial charge in [0.15, 0.2) is 0 Å². The first kappa shape index (κ1) is 20.8. The number of benzene rings is 3. The second-order valence-corrected chi connectivity index (χ2v) is 9.73. The van der Waals surface area contributed by atoms with Crippen LogP contribution in [0.3, 0.4) is 0 Å². The zero-order valence-corrected chi connectivity index (χ0v) is 19.4. The van der Waals surface area contributed by atoms with Crippen molar-refractivity contribution in [3.05, 3.63) is 90.1 Å². The van der Waals surface area contributed by atoms with Crippen molar-refractivity contribution in [1.29, 1.82) is 0 Å². The first-order valence-corrected chi connectivity index (χ1v) is 12.1. The van der Waals surface area contributed by atoms with Gasteiger partial charge in [-0.2, -0.15) is 0 Å². The molecule has 1 amide bonds. The highest BCUT2D eigenvalue weighted by Gasteiger charge is 2.37. The van der Waals surface area contributed by atoms with Crippen LogP contribution in [0.15, 0.2) is 79.0 Å². The molecule has 0 radical (unpaired) electrons. The maximum absolute atomic E-state index is 13.7. The lowest BCUT2D eigenvalue weighted by molar-refractivity contribution is 0.0564. The molecule has 2 unspecified atom stereocenters. The summed E-state index contributed by atoms with van der Waals surface area (Å²) in [5.41, 5.74) is 5.08. The topological polar surface area (TPSA) is 49.3 Å². The van der Waals surface area contributed by atoms with Crippen LogP contribution in [0, 0.1) is 18.8 Å². The van der Waals surface area contributed by atoms with Gasteiger partial charge in [-0.1, -0.05) is 66.2 Å². The number of likely N-dealkylation sites (tertiary alicyclic amines) is 1. The number of carbonyl (C=O) groups excluding carboxylic acids is 1.